The Bertz CT molecular complexity index is 559. The predicted molar refractivity (Wildman–Crippen MR) is 78.7 cm³/mol. The molecule has 18 heavy (non-hydrogen) atoms. The van der Waals surface area contributed by atoms with Gasteiger partial charge in [-0.05, 0) is 35.9 Å². The molecule has 0 aromatic heterocycles. The van der Waals surface area contributed by atoms with Crippen molar-refractivity contribution in [2.24, 2.45) is 0 Å². The van der Waals surface area contributed by atoms with Crippen LogP contribution in [0.1, 0.15) is 17.2 Å². The Kier molecular flexibility index (Phi) is 4.27. The van der Waals surface area contributed by atoms with Crippen LogP contribution < -0.4 is 5.73 Å². The normalized spacial score (nSPS) is 12.4. The summed E-state index contributed by atoms with van der Waals surface area (Å²) in [5.74, 6) is 0. The number of aliphatic hydroxyl groups excluding tert-OH is 1. The molecule has 2 aromatic carbocycles. The summed E-state index contributed by atoms with van der Waals surface area (Å²) in [5, 5.41) is 10.9. The van der Waals surface area contributed by atoms with Gasteiger partial charge in [0.2, 0.25) is 0 Å². The predicted octanol–water partition coefficient (Wildman–Crippen LogP) is 3.96. The van der Waals surface area contributed by atoms with Gasteiger partial charge in [0.15, 0.2) is 0 Å². The zero-order valence-electron chi connectivity index (χ0n) is 9.61. The van der Waals surface area contributed by atoms with E-state index >= 15 is 0 Å². The van der Waals surface area contributed by atoms with Gasteiger partial charge in [-0.15, -0.1) is 0 Å². The Morgan fingerprint density at radius 2 is 2.00 bits per heavy atom. The summed E-state index contributed by atoms with van der Waals surface area (Å²) >= 11 is 9.29. The van der Waals surface area contributed by atoms with Crippen LogP contribution in [0.25, 0.3) is 0 Å². The van der Waals surface area contributed by atoms with Gasteiger partial charge >= 0.3 is 0 Å². The first-order chi connectivity index (χ1) is 8.56. The maximum Gasteiger partial charge on any atom is 0.0850 e. The monoisotopic (exact) mass is 325 g/mol. The van der Waals surface area contributed by atoms with Crippen molar-refractivity contribution >= 4 is 33.2 Å². The average molecular weight is 327 g/mol. The van der Waals surface area contributed by atoms with Gasteiger partial charge in [0.1, 0.15) is 0 Å². The Balaban J connectivity index is 2.21. The van der Waals surface area contributed by atoms with E-state index < -0.39 is 6.10 Å². The van der Waals surface area contributed by atoms with E-state index in [0.29, 0.717) is 17.1 Å². The van der Waals surface area contributed by atoms with Gasteiger partial charge in [-0.25, -0.2) is 0 Å². The molecule has 0 amide bonds. The van der Waals surface area contributed by atoms with Crippen molar-refractivity contribution in [3.8, 4) is 0 Å². The molecular formula is C14H13BrClNO. The second-order valence-electron chi connectivity index (χ2n) is 4.12. The van der Waals surface area contributed by atoms with Crippen LogP contribution in [0, 0.1) is 0 Å². The lowest BCUT2D eigenvalue weighted by atomic mass is 10.0. The summed E-state index contributed by atoms with van der Waals surface area (Å²) in [6, 6.07) is 12.9. The number of nitrogen functional groups attached to an aromatic ring is 1. The van der Waals surface area contributed by atoms with Crippen LogP contribution in [0.15, 0.2) is 46.9 Å². The molecule has 2 nitrogen and oxygen atoms in total. The van der Waals surface area contributed by atoms with Gasteiger partial charge in [0.25, 0.3) is 0 Å². The summed E-state index contributed by atoms with van der Waals surface area (Å²) < 4.78 is 0.900. The van der Waals surface area contributed by atoms with Gasteiger partial charge < -0.3 is 10.8 Å². The molecule has 0 aliphatic rings. The zero-order valence-corrected chi connectivity index (χ0v) is 11.9. The Hall–Kier alpha value is -1.03. The van der Waals surface area contributed by atoms with Crippen LogP contribution in [-0.4, -0.2) is 5.11 Å². The number of rotatable bonds is 3. The molecule has 3 N–H and O–H groups in total. The van der Waals surface area contributed by atoms with Gasteiger partial charge in [-0.2, -0.15) is 0 Å². The minimum atomic E-state index is -0.638. The second-order valence-corrected chi connectivity index (χ2v) is 5.48. The highest BCUT2D eigenvalue weighted by atomic mass is 79.9. The van der Waals surface area contributed by atoms with Crippen molar-refractivity contribution in [2.45, 2.75) is 12.5 Å². The average Bonchev–Trinajstić information content (AvgIpc) is 2.32. The van der Waals surface area contributed by atoms with E-state index in [0.717, 1.165) is 15.6 Å². The third kappa shape index (κ3) is 3.25. The van der Waals surface area contributed by atoms with Gasteiger partial charge in [0, 0.05) is 27.2 Å². The fourth-order valence-corrected chi connectivity index (χ4v) is 2.42. The lowest BCUT2D eigenvalue weighted by Crippen LogP contribution is -2.05. The van der Waals surface area contributed by atoms with Crippen molar-refractivity contribution in [3.05, 3.63) is 63.1 Å². The maximum absolute atomic E-state index is 10.2. The van der Waals surface area contributed by atoms with E-state index in [1.807, 2.05) is 36.4 Å². The van der Waals surface area contributed by atoms with E-state index in [1.54, 1.807) is 6.07 Å². The number of hydrogen-bond acceptors (Lipinski definition) is 2. The highest BCUT2D eigenvalue weighted by Gasteiger charge is 2.12. The molecule has 0 aliphatic heterocycles. The highest BCUT2D eigenvalue weighted by Crippen LogP contribution is 2.27. The summed E-state index contributed by atoms with van der Waals surface area (Å²) in [7, 11) is 0. The molecule has 2 rings (SSSR count). The third-order valence-electron chi connectivity index (χ3n) is 2.73. The Morgan fingerprint density at radius 3 is 2.72 bits per heavy atom. The number of anilines is 1. The summed E-state index contributed by atoms with van der Waals surface area (Å²) in [6.07, 6.45) is -0.151. The number of halogens is 2. The first kappa shape index (κ1) is 13.4. The van der Waals surface area contributed by atoms with Crippen molar-refractivity contribution < 1.29 is 5.11 Å². The molecule has 0 fully saturated rings. The molecule has 94 valence electrons. The van der Waals surface area contributed by atoms with Crippen LogP contribution in [-0.2, 0) is 6.42 Å². The minimum Gasteiger partial charge on any atom is -0.398 e. The second kappa shape index (κ2) is 5.74. The standard InChI is InChI=1S/C14H13BrClNO/c15-10-4-5-13(17)12(8-10)14(18)7-9-2-1-3-11(16)6-9/h1-6,8,14,18H,7,17H2. The van der Waals surface area contributed by atoms with Crippen LogP contribution in [0.3, 0.4) is 0 Å². The summed E-state index contributed by atoms with van der Waals surface area (Å²) in [5.41, 5.74) is 8.16. The van der Waals surface area contributed by atoms with Crippen molar-refractivity contribution in [3.63, 3.8) is 0 Å². The van der Waals surface area contributed by atoms with Crippen LogP contribution in [0.5, 0.6) is 0 Å². The first-order valence-electron chi connectivity index (χ1n) is 5.53. The zero-order chi connectivity index (χ0) is 13.1. The SMILES string of the molecule is Nc1ccc(Br)cc1C(O)Cc1cccc(Cl)c1. The highest BCUT2D eigenvalue weighted by molar-refractivity contribution is 9.10. The molecule has 4 heteroatoms. The van der Waals surface area contributed by atoms with Gasteiger partial charge in [0.05, 0.1) is 6.10 Å². The first-order valence-corrected chi connectivity index (χ1v) is 6.71. The number of nitrogens with two attached hydrogens (primary N) is 1. The lowest BCUT2D eigenvalue weighted by Gasteiger charge is -2.14. The fourth-order valence-electron chi connectivity index (χ4n) is 1.83. The van der Waals surface area contributed by atoms with E-state index in [1.165, 1.54) is 0 Å². The van der Waals surface area contributed by atoms with Crippen LogP contribution in [0.4, 0.5) is 5.69 Å². The van der Waals surface area contributed by atoms with Crippen molar-refractivity contribution in [1.29, 1.82) is 0 Å². The van der Waals surface area contributed by atoms with E-state index in [4.69, 9.17) is 17.3 Å². The Morgan fingerprint density at radius 1 is 1.22 bits per heavy atom. The maximum atomic E-state index is 10.2. The third-order valence-corrected chi connectivity index (χ3v) is 3.45. The minimum absolute atomic E-state index is 0.487. The largest absolute Gasteiger partial charge is 0.398 e. The molecule has 2 aromatic rings. The summed E-state index contributed by atoms with van der Waals surface area (Å²) in [6.45, 7) is 0. The van der Waals surface area contributed by atoms with Crippen molar-refractivity contribution in [2.75, 3.05) is 5.73 Å². The topological polar surface area (TPSA) is 46.2 Å². The Labute approximate surface area is 120 Å². The molecule has 0 bridgehead atoms. The van der Waals surface area contributed by atoms with E-state index in [2.05, 4.69) is 15.9 Å². The number of aliphatic hydroxyl groups is 1. The van der Waals surface area contributed by atoms with Gasteiger partial charge in [-0.3, -0.25) is 0 Å². The lowest BCUT2D eigenvalue weighted by molar-refractivity contribution is 0.179. The molecule has 1 unspecified atom stereocenters. The number of benzene rings is 2. The van der Waals surface area contributed by atoms with E-state index in [9.17, 15) is 5.11 Å². The van der Waals surface area contributed by atoms with E-state index in [-0.39, 0.29) is 0 Å². The molecule has 0 radical (unpaired) electrons. The van der Waals surface area contributed by atoms with Crippen LogP contribution >= 0.6 is 27.5 Å². The van der Waals surface area contributed by atoms with Crippen LogP contribution in [0.2, 0.25) is 5.02 Å². The molecule has 0 heterocycles. The molecule has 1 atom stereocenters. The molecule has 0 spiro atoms. The van der Waals surface area contributed by atoms with Crippen molar-refractivity contribution in [1.82, 2.24) is 0 Å². The smallest absolute Gasteiger partial charge is 0.0850 e. The molecular weight excluding hydrogens is 314 g/mol. The number of hydrogen-bond donors (Lipinski definition) is 2. The molecule has 0 aliphatic carbocycles. The fraction of sp³-hybridized carbons (Fsp3) is 0.143. The molecule has 0 saturated carbocycles. The summed E-state index contributed by atoms with van der Waals surface area (Å²) in [4.78, 5) is 0. The van der Waals surface area contributed by atoms with Gasteiger partial charge in [-0.1, -0.05) is 39.7 Å². The quantitative estimate of drug-likeness (QED) is 0.839. The molecule has 0 saturated heterocycles.